The number of hydrogen-bond acceptors (Lipinski definition) is 4. The summed E-state index contributed by atoms with van der Waals surface area (Å²) in [5.74, 6) is -0.637. The number of ether oxygens (including phenoxy) is 2. The molecule has 10 heavy (non-hydrogen) atoms. The quantitative estimate of drug-likeness (QED) is 0.322. The SMILES string of the molecule is C=COC(=O)C(C)OC=O. The predicted octanol–water partition coefficient (Wildman–Crippen LogP) is 0.235. The van der Waals surface area contributed by atoms with Crippen molar-refractivity contribution in [1.82, 2.24) is 0 Å². The van der Waals surface area contributed by atoms with Crippen molar-refractivity contribution in [2.24, 2.45) is 0 Å². The lowest BCUT2D eigenvalue weighted by Crippen LogP contribution is -2.20. The molecule has 0 bridgehead atoms. The minimum Gasteiger partial charge on any atom is -0.453 e. The van der Waals surface area contributed by atoms with E-state index in [1.807, 2.05) is 0 Å². The number of hydrogen-bond donors (Lipinski definition) is 0. The summed E-state index contributed by atoms with van der Waals surface area (Å²) in [6.07, 6.45) is 0.114. The minimum atomic E-state index is -0.865. The number of esters is 1. The average Bonchev–Trinajstić information content (AvgIpc) is 1.89. The maximum absolute atomic E-state index is 10.6. The van der Waals surface area contributed by atoms with Crippen LogP contribution in [-0.4, -0.2) is 18.5 Å². The molecule has 4 nitrogen and oxygen atoms in total. The van der Waals surface area contributed by atoms with Crippen LogP contribution in [0.2, 0.25) is 0 Å². The van der Waals surface area contributed by atoms with Gasteiger partial charge in [0.25, 0.3) is 6.47 Å². The normalized spacial score (nSPS) is 11.3. The second-order valence-electron chi connectivity index (χ2n) is 1.48. The molecule has 4 heteroatoms. The first kappa shape index (κ1) is 8.68. The minimum absolute atomic E-state index is 0.189. The molecule has 0 aromatic carbocycles. The Balaban J connectivity index is 3.68. The highest BCUT2D eigenvalue weighted by atomic mass is 16.6. The molecule has 0 heterocycles. The topological polar surface area (TPSA) is 52.6 Å². The predicted molar refractivity (Wildman–Crippen MR) is 32.9 cm³/mol. The van der Waals surface area contributed by atoms with Gasteiger partial charge in [-0.15, -0.1) is 0 Å². The summed E-state index contributed by atoms with van der Waals surface area (Å²) in [6.45, 7) is 4.75. The van der Waals surface area contributed by atoms with Gasteiger partial charge in [0, 0.05) is 0 Å². The zero-order chi connectivity index (χ0) is 7.98. The van der Waals surface area contributed by atoms with Gasteiger partial charge in [-0.3, -0.25) is 4.79 Å². The van der Waals surface area contributed by atoms with Gasteiger partial charge in [-0.25, -0.2) is 4.79 Å². The van der Waals surface area contributed by atoms with Crippen LogP contribution in [0.1, 0.15) is 6.92 Å². The van der Waals surface area contributed by atoms with Crippen LogP contribution in [0.3, 0.4) is 0 Å². The standard InChI is InChI=1S/C6H8O4/c1-3-9-6(8)5(2)10-4-7/h3-5H,1H2,2H3. The van der Waals surface area contributed by atoms with E-state index in [1.165, 1.54) is 6.92 Å². The van der Waals surface area contributed by atoms with Crippen molar-refractivity contribution in [3.63, 3.8) is 0 Å². The van der Waals surface area contributed by atoms with E-state index in [0.717, 1.165) is 6.26 Å². The van der Waals surface area contributed by atoms with Crippen molar-refractivity contribution in [2.75, 3.05) is 0 Å². The zero-order valence-corrected chi connectivity index (χ0v) is 5.57. The molecule has 0 fully saturated rings. The first-order chi connectivity index (χ1) is 4.72. The van der Waals surface area contributed by atoms with Crippen molar-refractivity contribution in [3.05, 3.63) is 12.8 Å². The molecule has 0 aromatic heterocycles. The Labute approximate surface area is 58.4 Å². The fraction of sp³-hybridized carbons (Fsp3) is 0.333. The molecule has 0 radical (unpaired) electrons. The third-order valence-electron chi connectivity index (χ3n) is 0.791. The van der Waals surface area contributed by atoms with Gasteiger partial charge < -0.3 is 9.47 Å². The van der Waals surface area contributed by atoms with E-state index in [4.69, 9.17) is 0 Å². The van der Waals surface area contributed by atoms with Crippen molar-refractivity contribution in [1.29, 1.82) is 0 Å². The van der Waals surface area contributed by atoms with Crippen LogP contribution in [0.25, 0.3) is 0 Å². The van der Waals surface area contributed by atoms with Crippen molar-refractivity contribution >= 4 is 12.4 Å². The molecule has 0 amide bonds. The Morgan fingerprint density at radius 3 is 2.70 bits per heavy atom. The fourth-order valence-corrected chi connectivity index (χ4v) is 0.317. The Hall–Kier alpha value is -1.32. The summed E-state index contributed by atoms with van der Waals surface area (Å²) in [4.78, 5) is 20.2. The first-order valence-electron chi connectivity index (χ1n) is 2.63. The van der Waals surface area contributed by atoms with Gasteiger partial charge in [-0.1, -0.05) is 6.58 Å². The van der Waals surface area contributed by atoms with Crippen LogP contribution >= 0.6 is 0 Å². The highest BCUT2D eigenvalue weighted by Crippen LogP contribution is 1.91. The van der Waals surface area contributed by atoms with Crippen molar-refractivity contribution in [2.45, 2.75) is 13.0 Å². The smallest absolute Gasteiger partial charge is 0.351 e. The molecule has 0 N–H and O–H groups in total. The van der Waals surface area contributed by atoms with E-state index < -0.39 is 12.1 Å². The fourth-order valence-electron chi connectivity index (χ4n) is 0.317. The Bertz CT molecular complexity index is 141. The molecular weight excluding hydrogens is 136 g/mol. The van der Waals surface area contributed by atoms with Gasteiger partial charge in [0.1, 0.15) is 0 Å². The van der Waals surface area contributed by atoms with Crippen LogP contribution in [0.5, 0.6) is 0 Å². The van der Waals surface area contributed by atoms with Gasteiger partial charge in [0.2, 0.25) is 0 Å². The van der Waals surface area contributed by atoms with Gasteiger partial charge in [0.15, 0.2) is 6.10 Å². The van der Waals surface area contributed by atoms with Crippen LogP contribution < -0.4 is 0 Å². The van der Waals surface area contributed by atoms with Crippen LogP contribution in [0, 0.1) is 0 Å². The van der Waals surface area contributed by atoms with Crippen molar-refractivity contribution in [3.8, 4) is 0 Å². The molecule has 1 unspecified atom stereocenters. The van der Waals surface area contributed by atoms with E-state index in [-0.39, 0.29) is 6.47 Å². The molecule has 0 spiro atoms. The van der Waals surface area contributed by atoms with E-state index in [1.54, 1.807) is 0 Å². The summed E-state index contributed by atoms with van der Waals surface area (Å²) < 4.78 is 8.55. The Morgan fingerprint density at radius 1 is 1.70 bits per heavy atom. The summed E-state index contributed by atoms with van der Waals surface area (Å²) >= 11 is 0. The van der Waals surface area contributed by atoms with Crippen LogP contribution in [-0.2, 0) is 19.1 Å². The molecule has 1 atom stereocenters. The van der Waals surface area contributed by atoms with Crippen LogP contribution in [0.4, 0.5) is 0 Å². The van der Waals surface area contributed by atoms with E-state index in [9.17, 15) is 9.59 Å². The molecule has 0 aliphatic heterocycles. The largest absolute Gasteiger partial charge is 0.453 e. The van der Waals surface area contributed by atoms with Crippen LogP contribution in [0.15, 0.2) is 12.8 Å². The summed E-state index contributed by atoms with van der Waals surface area (Å²) in [7, 11) is 0. The summed E-state index contributed by atoms with van der Waals surface area (Å²) in [6, 6.07) is 0. The average molecular weight is 144 g/mol. The second-order valence-corrected chi connectivity index (χ2v) is 1.48. The third-order valence-corrected chi connectivity index (χ3v) is 0.791. The maximum atomic E-state index is 10.6. The molecule has 0 aliphatic carbocycles. The number of carbonyl (C=O) groups excluding carboxylic acids is 2. The molecule has 0 aliphatic rings. The van der Waals surface area contributed by atoms with Crippen molar-refractivity contribution < 1.29 is 19.1 Å². The lowest BCUT2D eigenvalue weighted by Gasteiger charge is -2.04. The van der Waals surface area contributed by atoms with E-state index >= 15 is 0 Å². The monoisotopic (exact) mass is 144 g/mol. The summed E-state index contributed by atoms with van der Waals surface area (Å²) in [5, 5.41) is 0. The highest BCUT2D eigenvalue weighted by molar-refractivity contribution is 5.75. The lowest BCUT2D eigenvalue weighted by molar-refractivity contribution is -0.155. The molecule has 0 saturated heterocycles. The molecular formula is C6H8O4. The molecule has 0 aromatic rings. The van der Waals surface area contributed by atoms with Gasteiger partial charge in [-0.2, -0.15) is 0 Å². The second kappa shape index (κ2) is 4.55. The molecule has 0 saturated carbocycles. The Morgan fingerprint density at radius 2 is 2.30 bits per heavy atom. The Kier molecular flexibility index (Phi) is 3.95. The maximum Gasteiger partial charge on any atom is 0.351 e. The molecule has 0 rings (SSSR count). The van der Waals surface area contributed by atoms with E-state index in [0.29, 0.717) is 0 Å². The zero-order valence-electron chi connectivity index (χ0n) is 5.57. The van der Waals surface area contributed by atoms with Gasteiger partial charge >= 0.3 is 5.97 Å². The number of rotatable bonds is 4. The van der Waals surface area contributed by atoms with Gasteiger partial charge in [0.05, 0.1) is 6.26 Å². The summed E-state index contributed by atoms with van der Waals surface area (Å²) in [5.41, 5.74) is 0. The first-order valence-corrected chi connectivity index (χ1v) is 2.63. The third kappa shape index (κ3) is 2.86. The van der Waals surface area contributed by atoms with E-state index in [2.05, 4.69) is 16.1 Å². The highest BCUT2D eigenvalue weighted by Gasteiger charge is 2.12. The number of carbonyl (C=O) groups is 2. The molecule has 56 valence electrons. The van der Waals surface area contributed by atoms with Gasteiger partial charge in [-0.05, 0) is 6.92 Å². The lowest BCUT2D eigenvalue weighted by atomic mass is 10.4.